The summed E-state index contributed by atoms with van der Waals surface area (Å²) in [6.45, 7) is 3.89. The first-order valence-electron chi connectivity index (χ1n) is 7.98. The fourth-order valence-electron chi connectivity index (χ4n) is 3.23. The van der Waals surface area contributed by atoms with E-state index < -0.39 is 0 Å². The number of hydrogen-bond donors (Lipinski definition) is 1. The number of carbonyl (C=O) groups excluding carboxylic acids is 1. The van der Waals surface area contributed by atoms with Gasteiger partial charge >= 0.3 is 0 Å². The topological polar surface area (TPSA) is 41.6 Å². The van der Waals surface area contributed by atoms with Crippen molar-refractivity contribution in [1.82, 2.24) is 10.2 Å². The summed E-state index contributed by atoms with van der Waals surface area (Å²) in [6.07, 6.45) is 3.05. The van der Waals surface area contributed by atoms with E-state index in [1.165, 1.54) is 5.56 Å². The molecule has 3 rings (SSSR count). The summed E-state index contributed by atoms with van der Waals surface area (Å²) in [5, 5.41) is 3.22. The van der Waals surface area contributed by atoms with Crippen LogP contribution in [0.3, 0.4) is 0 Å². The first-order chi connectivity index (χ1) is 10.3. The third-order valence-corrected chi connectivity index (χ3v) is 4.50. The number of nitrogens with one attached hydrogen (secondary N) is 1. The van der Waals surface area contributed by atoms with E-state index in [0.29, 0.717) is 19.1 Å². The smallest absolute Gasteiger partial charge is 0.253 e. The molecule has 1 aromatic rings. The van der Waals surface area contributed by atoms with Crippen LogP contribution in [0.25, 0.3) is 0 Å². The van der Waals surface area contributed by atoms with E-state index in [4.69, 9.17) is 4.74 Å². The van der Waals surface area contributed by atoms with Gasteiger partial charge in [-0.1, -0.05) is 30.3 Å². The Hall–Kier alpha value is -1.39. The summed E-state index contributed by atoms with van der Waals surface area (Å²) in [4.78, 5) is 14.4. The lowest BCUT2D eigenvalue weighted by atomic mass is 9.90. The molecule has 2 fully saturated rings. The molecule has 1 N–H and O–H groups in total. The summed E-state index contributed by atoms with van der Waals surface area (Å²) < 4.78 is 5.56. The van der Waals surface area contributed by atoms with Crippen molar-refractivity contribution in [3.8, 4) is 0 Å². The van der Waals surface area contributed by atoms with Crippen LogP contribution in [-0.2, 0) is 16.0 Å². The number of nitrogens with zero attached hydrogens (tertiary/aromatic N) is 1. The number of hydrogen-bond acceptors (Lipinski definition) is 3. The second-order valence-corrected chi connectivity index (χ2v) is 6.02. The minimum Gasteiger partial charge on any atom is -0.366 e. The van der Waals surface area contributed by atoms with Gasteiger partial charge in [-0.05, 0) is 30.7 Å². The Morgan fingerprint density at radius 2 is 2.00 bits per heavy atom. The summed E-state index contributed by atoms with van der Waals surface area (Å²) in [5.74, 6) is 0.863. The van der Waals surface area contributed by atoms with Crippen LogP contribution in [-0.4, -0.2) is 49.7 Å². The quantitative estimate of drug-likeness (QED) is 0.915. The molecule has 2 aliphatic rings. The van der Waals surface area contributed by atoms with Crippen molar-refractivity contribution in [2.75, 3.05) is 32.8 Å². The number of likely N-dealkylation sites (tertiary alicyclic amines) is 1. The lowest BCUT2D eigenvalue weighted by molar-refractivity contribution is -0.146. The molecule has 4 heteroatoms. The molecule has 1 unspecified atom stereocenters. The van der Waals surface area contributed by atoms with E-state index >= 15 is 0 Å². The molecule has 2 saturated heterocycles. The van der Waals surface area contributed by atoms with Crippen LogP contribution in [0.15, 0.2) is 30.3 Å². The van der Waals surface area contributed by atoms with Crippen molar-refractivity contribution in [3.05, 3.63) is 35.9 Å². The van der Waals surface area contributed by atoms with Gasteiger partial charge < -0.3 is 15.0 Å². The lowest BCUT2D eigenvalue weighted by Gasteiger charge is -2.35. The Morgan fingerprint density at radius 3 is 2.67 bits per heavy atom. The Labute approximate surface area is 126 Å². The highest BCUT2D eigenvalue weighted by molar-refractivity contribution is 5.81. The van der Waals surface area contributed by atoms with Gasteiger partial charge in [0.05, 0.1) is 6.61 Å². The van der Waals surface area contributed by atoms with Crippen molar-refractivity contribution in [3.63, 3.8) is 0 Å². The number of benzene rings is 1. The zero-order chi connectivity index (χ0) is 14.5. The molecule has 4 nitrogen and oxygen atoms in total. The van der Waals surface area contributed by atoms with Crippen LogP contribution in [0.5, 0.6) is 0 Å². The third kappa shape index (κ3) is 3.83. The first-order valence-corrected chi connectivity index (χ1v) is 7.98. The Kier molecular flexibility index (Phi) is 4.88. The average Bonchev–Trinajstić information content (AvgIpc) is 2.57. The summed E-state index contributed by atoms with van der Waals surface area (Å²) >= 11 is 0. The zero-order valence-corrected chi connectivity index (χ0v) is 12.5. The van der Waals surface area contributed by atoms with E-state index in [2.05, 4.69) is 35.6 Å². The molecule has 0 spiro atoms. The van der Waals surface area contributed by atoms with Gasteiger partial charge in [0.1, 0.15) is 6.10 Å². The maximum atomic E-state index is 12.4. The van der Waals surface area contributed by atoms with Gasteiger partial charge in [0.15, 0.2) is 0 Å². The standard InChI is InChI=1S/C17H24N2O2/c20-17(16-13-18-8-11-21-16)19-9-6-15(7-10-19)12-14-4-2-1-3-5-14/h1-5,15-16,18H,6-13H2. The second-order valence-electron chi connectivity index (χ2n) is 6.02. The molecule has 1 amide bonds. The van der Waals surface area contributed by atoms with Crippen molar-refractivity contribution in [2.24, 2.45) is 5.92 Å². The normalized spacial score (nSPS) is 24.0. The van der Waals surface area contributed by atoms with E-state index in [1.807, 2.05) is 4.90 Å². The Balaban J connectivity index is 1.47. The van der Waals surface area contributed by atoms with Gasteiger partial charge in [0.2, 0.25) is 0 Å². The van der Waals surface area contributed by atoms with Gasteiger partial charge in [0, 0.05) is 26.2 Å². The fourth-order valence-corrected chi connectivity index (χ4v) is 3.23. The van der Waals surface area contributed by atoms with Crippen LogP contribution in [0.2, 0.25) is 0 Å². The number of piperidine rings is 1. The third-order valence-electron chi connectivity index (χ3n) is 4.50. The summed E-state index contributed by atoms with van der Waals surface area (Å²) in [5.41, 5.74) is 1.40. The van der Waals surface area contributed by atoms with Crippen LogP contribution in [0, 0.1) is 5.92 Å². The highest BCUT2D eigenvalue weighted by atomic mass is 16.5. The molecule has 0 aromatic heterocycles. The molecule has 0 saturated carbocycles. The van der Waals surface area contributed by atoms with Gasteiger partial charge in [-0.3, -0.25) is 4.79 Å². The van der Waals surface area contributed by atoms with Crippen LogP contribution in [0.4, 0.5) is 0 Å². The molecule has 1 aromatic carbocycles. The predicted octanol–water partition coefficient (Wildman–Crippen LogP) is 1.46. The molecular weight excluding hydrogens is 264 g/mol. The molecule has 0 aliphatic carbocycles. The maximum Gasteiger partial charge on any atom is 0.253 e. The molecule has 2 aliphatic heterocycles. The fraction of sp³-hybridized carbons (Fsp3) is 0.588. The number of carbonyl (C=O) groups is 1. The molecule has 0 radical (unpaired) electrons. The van der Waals surface area contributed by atoms with E-state index in [-0.39, 0.29) is 12.0 Å². The van der Waals surface area contributed by atoms with Gasteiger partial charge in [-0.2, -0.15) is 0 Å². The Morgan fingerprint density at radius 1 is 1.24 bits per heavy atom. The van der Waals surface area contributed by atoms with Crippen molar-refractivity contribution in [2.45, 2.75) is 25.4 Å². The van der Waals surface area contributed by atoms with E-state index in [9.17, 15) is 4.79 Å². The lowest BCUT2D eigenvalue weighted by Crippen LogP contribution is -2.51. The Bertz CT molecular complexity index is 449. The monoisotopic (exact) mass is 288 g/mol. The minimum absolute atomic E-state index is 0.167. The highest BCUT2D eigenvalue weighted by Gasteiger charge is 2.29. The summed E-state index contributed by atoms with van der Waals surface area (Å²) in [6, 6.07) is 10.6. The number of amides is 1. The SMILES string of the molecule is O=C(C1CNCCO1)N1CCC(Cc2ccccc2)CC1. The predicted molar refractivity (Wildman–Crippen MR) is 82.1 cm³/mol. The van der Waals surface area contributed by atoms with Crippen molar-refractivity contribution < 1.29 is 9.53 Å². The molecule has 2 heterocycles. The van der Waals surface area contributed by atoms with Crippen LogP contribution >= 0.6 is 0 Å². The average molecular weight is 288 g/mol. The first kappa shape index (κ1) is 14.5. The molecule has 114 valence electrons. The number of ether oxygens (including phenoxy) is 1. The zero-order valence-electron chi connectivity index (χ0n) is 12.5. The van der Waals surface area contributed by atoms with Crippen LogP contribution < -0.4 is 5.32 Å². The van der Waals surface area contributed by atoms with E-state index in [1.54, 1.807) is 0 Å². The largest absolute Gasteiger partial charge is 0.366 e. The number of rotatable bonds is 3. The van der Waals surface area contributed by atoms with Gasteiger partial charge in [-0.15, -0.1) is 0 Å². The summed E-state index contributed by atoms with van der Waals surface area (Å²) in [7, 11) is 0. The minimum atomic E-state index is -0.274. The molecule has 21 heavy (non-hydrogen) atoms. The van der Waals surface area contributed by atoms with E-state index in [0.717, 1.165) is 38.9 Å². The van der Waals surface area contributed by atoms with Gasteiger partial charge in [0.25, 0.3) is 5.91 Å². The van der Waals surface area contributed by atoms with Crippen LogP contribution in [0.1, 0.15) is 18.4 Å². The second kappa shape index (κ2) is 7.05. The van der Waals surface area contributed by atoms with Crippen molar-refractivity contribution in [1.29, 1.82) is 0 Å². The molecular formula is C17H24N2O2. The molecule has 1 atom stereocenters. The number of morpholine rings is 1. The maximum absolute atomic E-state index is 12.4. The highest BCUT2D eigenvalue weighted by Crippen LogP contribution is 2.22. The van der Waals surface area contributed by atoms with Gasteiger partial charge in [-0.25, -0.2) is 0 Å². The van der Waals surface area contributed by atoms with Crippen molar-refractivity contribution >= 4 is 5.91 Å². The molecule has 0 bridgehead atoms.